The minimum Gasteiger partial charge on any atom is -0.469 e. The van der Waals surface area contributed by atoms with E-state index >= 15 is 0 Å². The van der Waals surface area contributed by atoms with Gasteiger partial charge in [-0.15, -0.1) is 0 Å². The lowest BCUT2D eigenvalue weighted by Crippen LogP contribution is -2.69. The van der Waals surface area contributed by atoms with Crippen molar-refractivity contribution in [1.29, 1.82) is 0 Å². The summed E-state index contributed by atoms with van der Waals surface area (Å²) < 4.78 is 36.4. The molecule has 3 aliphatic rings. The Labute approximate surface area is 192 Å². The number of fused-ring (bicyclic) bond motifs is 2. The lowest BCUT2D eigenvalue weighted by molar-refractivity contribution is -0.253. The largest absolute Gasteiger partial charge is 0.469 e. The Morgan fingerprint density at radius 2 is 1.69 bits per heavy atom. The first kappa shape index (κ1) is 25.4. The van der Waals surface area contributed by atoms with Crippen LogP contribution in [0.5, 0.6) is 0 Å². The van der Waals surface area contributed by atoms with Crippen LogP contribution in [0.25, 0.3) is 0 Å². The Morgan fingerprint density at radius 3 is 2.22 bits per heavy atom. The van der Waals surface area contributed by atoms with Crippen molar-refractivity contribution in [2.75, 3.05) is 13.7 Å². The summed E-state index contributed by atoms with van der Waals surface area (Å²) in [6.07, 6.45) is -2.24. The minimum absolute atomic E-state index is 0.00293. The summed E-state index contributed by atoms with van der Waals surface area (Å²) in [5.74, 6) is -0.859. The van der Waals surface area contributed by atoms with Crippen LogP contribution in [0.4, 0.5) is 0 Å². The van der Waals surface area contributed by atoms with Crippen LogP contribution >= 0.6 is 0 Å². The number of carbonyl (C=O) groups is 2. The van der Waals surface area contributed by atoms with Crippen molar-refractivity contribution in [2.24, 2.45) is 0 Å². The summed E-state index contributed by atoms with van der Waals surface area (Å²) in [6.45, 7) is 18.8. The fourth-order valence-electron chi connectivity index (χ4n) is 5.35. The lowest BCUT2D eigenvalue weighted by atomic mass is 9.86. The van der Waals surface area contributed by atoms with Crippen LogP contribution in [0.15, 0.2) is 12.2 Å². The minimum atomic E-state index is -2.67. The molecule has 0 N–H and O–H groups in total. The summed E-state index contributed by atoms with van der Waals surface area (Å²) in [7, 11) is -1.34. The Morgan fingerprint density at radius 1 is 1.06 bits per heavy atom. The van der Waals surface area contributed by atoms with Gasteiger partial charge >= 0.3 is 20.5 Å². The Kier molecular flexibility index (Phi) is 7.00. The zero-order valence-electron chi connectivity index (χ0n) is 20.6. The molecule has 0 radical (unpaired) electrons. The number of methoxy groups -OCH3 is 1. The third-order valence-corrected chi connectivity index (χ3v) is 11.8. The number of ether oxygens (including phenoxy) is 4. The molecule has 0 spiro atoms. The molecule has 32 heavy (non-hydrogen) atoms. The van der Waals surface area contributed by atoms with E-state index < -0.39 is 44.9 Å². The molecular formula is C23H38O8Si. The maximum absolute atomic E-state index is 11.9. The first-order chi connectivity index (χ1) is 14.7. The number of hydrogen-bond donors (Lipinski definition) is 0. The van der Waals surface area contributed by atoms with Gasteiger partial charge in [0.05, 0.1) is 38.4 Å². The molecule has 3 aliphatic heterocycles. The standard InChI is InChI=1S/C23H38O8Si/c1-13-15(11-19(25)26-9)29-17-10-16-18(30-21(17)20(13)28-14(2)24)12-27-32(31-16,22(3,4)5)23(6,7)8/h15-18,20-21H,1,10-12H2,2-9H3/t15-,16-,17+,18+,20-,21+/m0/s1. The third kappa shape index (κ3) is 4.55. The highest BCUT2D eigenvalue weighted by atomic mass is 28.4. The second-order valence-corrected chi connectivity index (χ2v) is 15.8. The molecule has 3 fully saturated rings. The highest BCUT2D eigenvalue weighted by Gasteiger charge is 2.64. The Balaban J connectivity index is 1.87. The zero-order chi connectivity index (χ0) is 24.1. The van der Waals surface area contributed by atoms with Crippen molar-refractivity contribution in [2.45, 2.75) is 108 Å². The molecule has 182 valence electrons. The zero-order valence-corrected chi connectivity index (χ0v) is 21.6. The summed E-state index contributed by atoms with van der Waals surface area (Å²) in [6, 6.07) is 0. The highest BCUT2D eigenvalue weighted by Crippen LogP contribution is 2.55. The highest BCUT2D eigenvalue weighted by molar-refractivity contribution is 6.73. The maximum Gasteiger partial charge on any atom is 0.349 e. The van der Waals surface area contributed by atoms with Crippen LogP contribution in [0.2, 0.25) is 10.1 Å². The number of hydrogen-bond acceptors (Lipinski definition) is 8. The van der Waals surface area contributed by atoms with Crippen molar-refractivity contribution in [3.63, 3.8) is 0 Å². The third-order valence-electron chi connectivity index (χ3n) is 6.61. The SMILES string of the molecule is C=C1[C@H](CC(=O)OC)O[C@@H]2C[C@@H]3O[Si](C(C)(C)C)(C(C)(C)C)OC[C@H]3O[C@H]2[C@H]1OC(C)=O. The molecule has 3 heterocycles. The summed E-state index contributed by atoms with van der Waals surface area (Å²) in [5.41, 5.74) is 0.496. The summed E-state index contributed by atoms with van der Waals surface area (Å²) >= 11 is 0. The lowest BCUT2D eigenvalue weighted by Gasteiger charge is -2.57. The molecule has 9 heteroatoms. The van der Waals surface area contributed by atoms with Gasteiger partial charge in [-0.2, -0.15) is 0 Å². The predicted octanol–water partition coefficient (Wildman–Crippen LogP) is 3.42. The number of rotatable bonds is 3. The monoisotopic (exact) mass is 470 g/mol. The molecule has 3 rings (SSSR count). The van der Waals surface area contributed by atoms with Crippen LogP contribution in [0, 0.1) is 0 Å². The van der Waals surface area contributed by atoms with Gasteiger partial charge < -0.3 is 27.8 Å². The predicted molar refractivity (Wildman–Crippen MR) is 119 cm³/mol. The summed E-state index contributed by atoms with van der Waals surface area (Å²) in [4.78, 5) is 23.7. The van der Waals surface area contributed by atoms with Crippen molar-refractivity contribution in [3.05, 3.63) is 12.2 Å². The van der Waals surface area contributed by atoms with E-state index in [0.29, 0.717) is 18.6 Å². The van der Waals surface area contributed by atoms with Gasteiger partial charge in [0.15, 0.2) is 6.10 Å². The Bertz CT molecular complexity index is 738. The van der Waals surface area contributed by atoms with Gasteiger partial charge in [-0.3, -0.25) is 9.59 Å². The van der Waals surface area contributed by atoms with E-state index in [2.05, 4.69) is 48.1 Å². The van der Waals surface area contributed by atoms with Gasteiger partial charge in [0.1, 0.15) is 12.2 Å². The van der Waals surface area contributed by atoms with Gasteiger partial charge in [-0.25, -0.2) is 0 Å². The molecule has 0 aliphatic carbocycles. The van der Waals surface area contributed by atoms with Crippen LogP contribution < -0.4 is 0 Å². The van der Waals surface area contributed by atoms with Crippen molar-refractivity contribution in [3.8, 4) is 0 Å². The molecule has 3 saturated heterocycles. The van der Waals surface area contributed by atoms with Gasteiger partial charge in [-0.05, 0) is 5.57 Å². The fourth-order valence-corrected chi connectivity index (χ4v) is 10.3. The van der Waals surface area contributed by atoms with Crippen LogP contribution in [0.1, 0.15) is 61.3 Å². The molecule has 0 bridgehead atoms. The van der Waals surface area contributed by atoms with E-state index in [1.807, 2.05) is 0 Å². The molecule has 0 saturated carbocycles. The molecular weight excluding hydrogens is 432 g/mol. The second kappa shape index (κ2) is 8.83. The molecule has 0 aromatic carbocycles. The van der Waals surface area contributed by atoms with Crippen LogP contribution in [0.3, 0.4) is 0 Å². The molecule has 0 aromatic heterocycles. The van der Waals surface area contributed by atoms with E-state index in [-0.39, 0.29) is 28.7 Å². The van der Waals surface area contributed by atoms with E-state index in [1.165, 1.54) is 14.0 Å². The van der Waals surface area contributed by atoms with E-state index in [9.17, 15) is 9.59 Å². The molecule has 0 amide bonds. The maximum atomic E-state index is 11.9. The van der Waals surface area contributed by atoms with Gasteiger partial charge in [-0.1, -0.05) is 48.1 Å². The van der Waals surface area contributed by atoms with Crippen molar-refractivity contribution in [1.82, 2.24) is 0 Å². The molecule has 0 aromatic rings. The van der Waals surface area contributed by atoms with E-state index in [4.69, 9.17) is 27.8 Å². The van der Waals surface area contributed by atoms with Crippen molar-refractivity contribution >= 4 is 20.5 Å². The van der Waals surface area contributed by atoms with Gasteiger partial charge in [0, 0.05) is 23.4 Å². The molecule has 8 nitrogen and oxygen atoms in total. The smallest absolute Gasteiger partial charge is 0.349 e. The molecule has 6 atom stereocenters. The van der Waals surface area contributed by atoms with Crippen LogP contribution in [-0.2, 0) is 37.4 Å². The molecule has 0 unspecified atom stereocenters. The number of carbonyl (C=O) groups excluding carboxylic acids is 2. The second-order valence-electron chi connectivity index (χ2n) is 11.0. The fraction of sp³-hybridized carbons (Fsp3) is 0.826. The van der Waals surface area contributed by atoms with E-state index in [0.717, 1.165) is 0 Å². The first-order valence-corrected chi connectivity index (χ1v) is 13.1. The van der Waals surface area contributed by atoms with E-state index in [1.54, 1.807) is 0 Å². The van der Waals surface area contributed by atoms with Gasteiger partial charge in [0.25, 0.3) is 0 Å². The average Bonchev–Trinajstić information content (AvgIpc) is 2.67. The van der Waals surface area contributed by atoms with Crippen molar-refractivity contribution < 1.29 is 37.4 Å². The Hall–Kier alpha value is -1.26. The number of esters is 2. The topological polar surface area (TPSA) is 89.5 Å². The average molecular weight is 471 g/mol. The van der Waals surface area contributed by atoms with Gasteiger partial charge in [0.2, 0.25) is 0 Å². The first-order valence-electron chi connectivity index (χ1n) is 11.3. The quantitative estimate of drug-likeness (QED) is 0.352. The normalized spacial score (nSPS) is 34.8. The summed E-state index contributed by atoms with van der Waals surface area (Å²) in [5, 5.41) is -0.301. The van der Waals surface area contributed by atoms with Crippen LogP contribution in [-0.4, -0.2) is 70.8 Å².